The van der Waals surface area contributed by atoms with E-state index in [1.807, 2.05) is 0 Å². The van der Waals surface area contributed by atoms with Crippen LogP contribution in [-0.4, -0.2) is 24.1 Å². The number of hydrogen-bond acceptors (Lipinski definition) is 3. The monoisotopic (exact) mass is 689 g/mol. The van der Waals surface area contributed by atoms with Crippen molar-refractivity contribution in [1.82, 2.24) is 24.1 Å². The van der Waals surface area contributed by atoms with Gasteiger partial charge in [-0.2, -0.15) is 9.97 Å². The molecule has 0 saturated carbocycles. The van der Waals surface area contributed by atoms with Gasteiger partial charge in [0.2, 0.25) is 5.95 Å². The number of hydrogen-bond donors (Lipinski definition) is 0. The van der Waals surface area contributed by atoms with Crippen molar-refractivity contribution in [2.75, 3.05) is 0 Å². The molecule has 252 valence electrons. The maximum Gasteiger partial charge on any atom is 0.238 e. The predicted octanol–water partition coefficient (Wildman–Crippen LogP) is 12.2. The van der Waals surface area contributed by atoms with Gasteiger partial charge >= 0.3 is 0 Å². The minimum Gasteiger partial charge on any atom is -0.309 e. The number of fused-ring (bicyclic) bond motifs is 7. The van der Waals surface area contributed by atoms with Crippen LogP contribution < -0.4 is 0 Å². The summed E-state index contributed by atoms with van der Waals surface area (Å²) in [6, 6.07) is 66.3. The van der Waals surface area contributed by atoms with E-state index < -0.39 is 0 Å². The van der Waals surface area contributed by atoms with E-state index in [1.54, 1.807) is 0 Å². The molecular formula is C49H31N5. The zero-order valence-corrected chi connectivity index (χ0v) is 29.1. The van der Waals surface area contributed by atoms with Crippen LogP contribution >= 0.6 is 0 Å². The lowest BCUT2D eigenvalue weighted by atomic mass is 10.0. The molecule has 0 radical (unpaired) electrons. The molecule has 0 spiro atoms. The number of aromatic nitrogens is 5. The Hall–Kier alpha value is -7.37. The van der Waals surface area contributed by atoms with Gasteiger partial charge in [-0.25, -0.2) is 4.98 Å². The summed E-state index contributed by atoms with van der Waals surface area (Å²) >= 11 is 0. The van der Waals surface area contributed by atoms with Crippen LogP contribution in [0.15, 0.2) is 188 Å². The van der Waals surface area contributed by atoms with Gasteiger partial charge in [-0.3, -0.25) is 4.57 Å². The largest absolute Gasteiger partial charge is 0.309 e. The molecule has 5 heteroatoms. The van der Waals surface area contributed by atoms with Crippen molar-refractivity contribution in [3.8, 4) is 45.5 Å². The number of benzene rings is 8. The third-order valence-electron chi connectivity index (χ3n) is 10.6. The van der Waals surface area contributed by atoms with E-state index >= 15 is 0 Å². The lowest BCUT2D eigenvalue weighted by Gasteiger charge is -2.12. The smallest absolute Gasteiger partial charge is 0.238 e. The maximum absolute atomic E-state index is 5.31. The number of rotatable bonds is 5. The Bertz CT molecular complexity index is 3210. The lowest BCUT2D eigenvalue weighted by molar-refractivity contribution is 0.954. The first-order chi connectivity index (χ1) is 26.8. The van der Waals surface area contributed by atoms with Crippen LogP contribution in [0.5, 0.6) is 0 Å². The van der Waals surface area contributed by atoms with Crippen molar-refractivity contribution < 1.29 is 0 Å². The van der Waals surface area contributed by atoms with Crippen LogP contribution in [0, 0.1) is 0 Å². The molecule has 0 aliphatic heterocycles. The van der Waals surface area contributed by atoms with Gasteiger partial charge in [0.05, 0.1) is 22.1 Å². The predicted molar refractivity (Wildman–Crippen MR) is 222 cm³/mol. The fourth-order valence-electron chi connectivity index (χ4n) is 8.01. The minimum atomic E-state index is 0.575. The first-order valence-electron chi connectivity index (χ1n) is 18.2. The van der Waals surface area contributed by atoms with Crippen molar-refractivity contribution in [3.05, 3.63) is 188 Å². The van der Waals surface area contributed by atoms with E-state index in [9.17, 15) is 0 Å². The number of para-hydroxylation sites is 3. The fourth-order valence-corrected chi connectivity index (χ4v) is 8.01. The molecule has 11 aromatic rings. The van der Waals surface area contributed by atoms with Gasteiger partial charge in [-0.05, 0) is 70.4 Å². The molecule has 8 aromatic carbocycles. The summed E-state index contributed by atoms with van der Waals surface area (Å²) < 4.78 is 4.52. The Morgan fingerprint density at radius 1 is 0.296 bits per heavy atom. The standard InChI is InChI=1S/C49H31N5/c1-3-13-32(14-4-1)35-26-28-45-42(30-35)40-20-10-12-22-44(40)54(45)49-51-47(36-24-23-33-15-7-8-16-34(33)29-36)50-48(52-49)37-25-27-41-39-19-9-11-21-43(39)53(46(41)31-37)38-17-5-2-6-18-38/h1-31H. The first kappa shape index (κ1) is 30.3. The first-order valence-corrected chi connectivity index (χ1v) is 18.2. The SMILES string of the molecule is c1ccc(-c2ccc3c(c2)c2ccccc2n3-c2nc(-c3ccc4ccccc4c3)nc(-c3ccc4c5ccccc5n(-c5ccccc5)c4c3)n2)cc1. The Morgan fingerprint density at radius 3 is 1.63 bits per heavy atom. The quantitative estimate of drug-likeness (QED) is 0.181. The molecule has 0 atom stereocenters. The maximum atomic E-state index is 5.31. The summed E-state index contributed by atoms with van der Waals surface area (Å²) in [6.45, 7) is 0. The third-order valence-corrected chi connectivity index (χ3v) is 10.6. The van der Waals surface area contributed by atoms with Gasteiger partial charge in [0, 0.05) is 38.4 Å². The molecule has 0 unspecified atom stereocenters. The second kappa shape index (κ2) is 12.1. The molecular weight excluding hydrogens is 659 g/mol. The average molecular weight is 690 g/mol. The molecule has 3 heterocycles. The van der Waals surface area contributed by atoms with Gasteiger partial charge in [0.25, 0.3) is 0 Å². The van der Waals surface area contributed by atoms with Gasteiger partial charge in [-0.15, -0.1) is 0 Å². The van der Waals surface area contributed by atoms with Crippen LogP contribution in [0.4, 0.5) is 0 Å². The Labute approximate surface area is 311 Å². The second-order valence-corrected chi connectivity index (χ2v) is 13.7. The zero-order valence-electron chi connectivity index (χ0n) is 29.1. The van der Waals surface area contributed by atoms with E-state index in [1.165, 1.54) is 27.3 Å². The highest BCUT2D eigenvalue weighted by atomic mass is 15.2. The van der Waals surface area contributed by atoms with Crippen LogP contribution in [0.2, 0.25) is 0 Å². The topological polar surface area (TPSA) is 48.5 Å². The molecule has 54 heavy (non-hydrogen) atoms. The van der Waals surface area contributed by atoms with Crippen LogP contribution in [0.1, 0.15) is 0 Å². The zero-order chi connectivity index (χ0) is 35.6. The van der Waals surface area contributed by atoms with E-state index in [0.717, 1.165) is 55.0 Å². The normalized spacial score (nSPS) is 11.7. The Morgan fingerprint density at radius 2 is 0.852 bits per heavy atom. The molecule has 5 nitrogen and oxygen atoms in total. The molecule has 0 N–H and O–H groups in total. The van der Waals surface area contributed by atoms with Gasteiger partial charge in [0.1, 0.15) is 0 Å². The van der Waals surface area contributed by atoms with Gasteiger partial charge < -0.3 is 4.57 Å². The van der Waals surface area contributed by atoms with Crippen molar-refractivity contribution >= 4 is 54.4 Å². The molecule has 3 aromatic heterocycles. The second-order valence-electron chi connectivity index (χ2n) is 13.7. The van der Waals surface area contributed by atoms with Crippen molar-refractivity contribution in [3.63, 3.8) is 0 Å². The van der Waals surface area contributed by atoms with E-state index in [4.69, 9.17) is 15.0 Å². The summed E-state index contributed by atoms with van der Waals surface area (Å²) in [5.74, 6) is 1.81. The summed E-state index contributed by atoms with van der Waals surface area (Å²) in [7, 11) is 0. The van der Waals surface area contributed by atoms with Gasteiger partial charge in [-0.1, -0.05) is 140 Å². The fraction of sp³-hybridized carbons (Fsp3) is 0. The highest BCUT2D eigenvalue weighted by molar-refractivity contribution is 6.11. The molecule has 0 aliphatic rings. The number of nitrogens with zero attached hydrogens (tertiary/aromatic N) is 5. The Kier molecular flexibility index (Phi) is 6.79. The molecule has 0 saturated heterocycles. The summed E-state index contributed by atoms with van der Waals surface area (Å²) in [4.78, 5) is 15.8. The molecule has 0 bridgehead atoms. The molecule has 0 amide bonds. The van der Waals surface area contributed by atoms with E-state index in [-0.39, 0.29) is 0 Å². The molecule has 11 rings (SSSR count). The highest BCUT2D eigenvalue weighted by Crippen LogP contribution is 2.37. The Balaban J connectivity index is 1.18. The van der Waals surface area contributed by atoms with Gasteiger partial charge in [0.15, 0.2) is 11.6 Å². The van der Waals surface area contributed by atoms with Crippen LogP contribution in [-0.2, 0) is 0 Å². The van der Waals surface area contributed by atoms with Crippen LogP contribution in [0.25, 0.3) is 99.9 Å². The third kappa shape index (κ3) is 4.83. The van der Waals surface area contributed by atoms with E-state index in [0.29, 0.717) is 17.6 Å². The molecule has 0 aliphatic carbocycles. The summed E-state index contributed by atoms with van der Waals surface area (Å²) in [6.07, 6.45) is 0. The van der Waals surface area contributed by atoms with E-state index in [2.05, 4.69) is 197 Å². The van der Waals surface area contributed by atoms with Crippen LogP contribution in [0.3, 0.4) is 0 Å². The van der Waals surface area contributed by atoms with Crippen molar-refractivity contribution in [1.29, 1.82) is 0 Å². The summed E-state index contributed by atoms with van der Waals surface area (Å²) in [5, 5.41) is 6.99. The molecule has 0 fully saturated rings. The highest BCUT2D eigenvalue weighted by Gasteiger charge is 2.20. The van der Waals surface area contributed by atoms with Crippen molar-refractivity contribution in [2.24, 2.45) is 0 Å². The average Bonchev–Trinajstić information content (AvgIpc) is 3.76. The van der Waals surface area contributed by atoms with Crippen molar-refractivity contribution in [2.45, 2.75) is 0 Å². The lowest BCUT2D eigenvalue weighted by Crippen LogP contribution is -2.06. The summed E-state index contributed by atoms with van der Waals surface area (Å²) in [5.41, 5.74) is 9.64. The minimum absolute atomic E-state index is 0.575.